The van der Waals surface area contributed by atoms with Crippen LogP contribution in [0.1, 0.15) is 31.2 Å². The monoisotopic (exact) mass is 274 g/mol. The van der Waals surface area contributed by atoms with E-state index < -0.39 is 0 Å². The van der Waals surface area contributed by atoms with Crippen LogP contribution in [0.15, 0.2) is 24.3 Å². The summed E-state index contributed by atoms with van der Waals surface area (Å²) in [6, 6.07) is 7.84. The van der Waals surface area contributed by atoms with E-state index in [0.29, 0.717) is 19.5 Å². The van der Waals surface area contributed by atoms with Gasteiger partial charge in [-0.25, -0.2) is 0 Å². The van der Waals surface area contributed by atoms with Gasteiger partial charge >= 0.3 is 0 Å². The molecule has 2 aliphatic rings. The molecule has 4 nitrogen and oxygen atoms in total. The van der Waals surface area contributed by atoms with Crippen molar-refractivity contribution in [3.8, 4) is 5.75 Å². The molecule has 0 aromatic heterocycles. The van der Waals surface area contributed by atoms with Crippen molar-refractivity contribution < 1.29 is 9.53 Å². The molecule has 1 saturated carbocycles. The molecule has 3 rings (SSSR count). The van der Waals surface area contributed by atoms with E-state index in [2.05, 4.69) is 5.32 Å². The first-order chi connectivity index (χ1) is 9.72. The smallest absolute Gasteiger partial charge is 0.261 e. The second kappa shape index (κ2) is 5.44. The van der Waals surface area contributed by atoms with E-state index in [9.17, 15) is 4.79 Å². The Morgan fingerprint density at radius 2 is 2.10 bits per heavy atom. The summed E-state index contributed by atoms with van der Waals surface area (Å²) in [6.07, 6.45) is 4.96. The molecule has 1 heterocycles. The van der Waals surface area contributed by atoms with Crippen molar-refractivity contribution in [2.45, 2.75) is 38.2 Å². The highest BCUT2D eigenvalue weighted by Gasteiger charge is 2.35. The van der Waals surface area contributed by atoms with Crippen molar-refractivity contribution in [2.24, 2.45) is 11.1 Å². The highest BCUT2D eigenvalue weighted by molar-refractivity contribution is 5.82. The number of hydrogen-bond acceptors (Lipinski definition) is 3. The van der Waals surface area contributed by atoms with E-state index in [0.717, 1.165) is 24.2 Å². The first kappa shape index (κ1) is 13.4. The molecule has 4 heteroatoms. The van der Waals surface area contributed by atoms with E-state index in [1.54, 1.807) is 0 Å². The summed E-state index contributed by atoms with van der Waals surface area (Å²) in [5.74, 6) is 0.822. The zero-order chi connectivity index (χ0) is 14.0. The van der Waals surface area contributed by atoms with E-state index >= 15 is 0 Å². The van der Waals surface area contributed by atoms with Crippen molar-refractivity contribution in [2.75, 3.05) is 13.1 Å². The maximum Gasteiger partial charge on any atom is 0.261 e. The van der Waals surface area contributed by atoms with Gasteiger partial charge in [0, 0.05) is 13.0 Å². The van der Waals surface area contributed by atoms with Crippen molar-refractivity contribution in [3.63, 3.8) is 0 Å². The fourth-order valence-corrected chi connectivity index (χ4v) is 3.29. The lowest BCUT2D eigenvalue weighted by Gasteiger charge is -2.27. The van der Waals surface area contributed by atoms with Gasteiger partial charge in [0.15, 0.2) is 6.10 Å². The number of fused-ring (bicyclic) bond motifs is 1. The third kappa shape index (κ3) is 2.52. The molecule has 0 spiro atoms. The molecule has 1 unspecified atom stereocenters. The van der Waals surface area contributed by atoms with Gasteiger partial charge in [0.25, 0.3) is 5.91 Å². The topological polar surface area (TPSA) is 64.3 Å². The fourth-order valence-electron chi connectivity index (χ4n) is 3.29. The van der Waals surface area contributed by atoms with Crippen molar-refractivity contribution in [3.05, 3.63) is 29.8 Å². The Hall–Kier alpha value is -1.55. The summed E-state index contributed by atoms with van der Waals surface area (Å²) in [4.78, 5) is 12.3. The van der Waals surface area contributed by atoms with E-state index in [1.807, 2.05) is 24.3 Å². The minimum Gasteiger partial charge on any atom is -0.480 e. The van der Waals surface area contributed by atoms with Crippen LogP contribution in [0.4, 0.5) is 0 Å². The van der Waals surface area contributed by atoms with Gasteiger partial charge in [-0.1, -0.05) is 31.0 Å². The number of carbonyl (C=O) groups is 1. The zero-order valence-corrected chi connectivity index (χ0v) is 11.7. The maximum atomic E-state index is 12.3. The predicted octanol–water partition coefficient (Wildman–Crippen LogP) is 1.63. The third-order valence-electron chi connectivity index (χ3n) is 4.67. The summed E-state index contributed by atoms with van der Waals surface area (Å²) < 4.78 is 5.71. The molecule has 108 valence electrons. The summed E-state index contributed by atoms with van der Waals surface area (Å²) >= 11 is 0. The van der Waals surface area contributed by atoms with Gasteiger partial charge in [0.1, 0.15) is 5.75 Å². The number of amides is 1. The molecule has 0 radical (unpaired) electrons. The molecule has 20 heavy (non-hydrogen) atoms. The number of benzene rings is 1. The quantitative estimate of drug-likeness (QED) is 0.877. The molecule has 1 aliphatic heterocycles. The van der Waals surface area contributed by atoms with Gasteiger partial charge in [0.2, 0.25) is 0 Å². The minimum absolute atomic E-state index is 0.0130. The van der Waals surface area contributed by atoms with Crippen LogP contribution in [0, 0.1) is 5.41 Å². The summed E-state index contributed by atoms with van der Waals surface area (Å²) in [6.45, 7) is 1.33. The molecular formula is C16H22N2O2. The van der Waals surface area contributed by atoms with Crippen molar-refractivity contribution in [1.29, 1.82) is 0 Å². The Balaban J connectivity index is 1.56. The molecule has 1 fully saturated rings. The Morgan fingerprint density at radius 3 is 2.80 bits per heavy atom. The lowest BCUT2D eigenvalue weighted by Crippen LogP contribution is -2.45. The average Bonchev–Trinajstić information content (AvgIpc) is 3.12. The SMILES string of the molecule is NCC1(CNC(=O)C2Cc3ccccc3O2)CCCC1. The van der Waals surface area contributed by atoms with Crippen LogP contribution in [0.5, 0.6) is 5.75 Å². The summed E-state index contributed by atoms with van der Waals surface area (Å²) in [5.41, 5.74) is 7.12. The lowest BCUT2D eigenvalue weighted by atomic mass is 9.86. The van der Waals surface area contributed by atoms with Crippen LogP contribution in [0.3, 0.4) is 0 Å². The lowest BCUT2D eigenvalue weighted by molar-refractivity contribution is -0.127. The number of ether oxygens (including phenoxy) is 1. The number of carbonyl (C=O) groups excluding carboxylic acids is 1. The average molecular weight is 274 g/mol. The van der Waals surface area contributed by atoms with Gasteiger partial charge in [0.05, 0.1) is 0 Å². The molecule has 1 amide bonds. The molecule has 1 aromatic carbocycles. The van der Waals surface area contributed by atoms with Crippen LogP contribution in [-0.2, 0) is 11.2 Å². The third-order valence-corrected chi connectivity index (χ3v) is 4.67. The molecule has 0 bridgehead atoms. The number of nitrogens with two attached hydrogens (primary N) is 1. The van der Waals surface area contributed by atoms with Crippen LogP contribution < -0.4 is 15.8 Å². The zero-order valence-electron chi connectivity index (χ0n) is 11.7. The van der Waals surface area contributed by atoms with Crippen LogP contribution in [0.2, 0.25) is 0 Å². The highest BCUT2D eigenvalue weighted by Crippen LogP contribution is 2.36. The van der Waals surface area contributed by atoms with Gasteiger partial charge in [-0.15, -0.1) is 0 Å². The van der Waals surface area contributed by atoms with Crippen molar-refractivity contribution in [1.82, 2.24) is 5.32 Å². The van der Waals surface area contributed by atoms with Gasteiger partial charge in [-0.05, 0) is 36.4 Å². The molecular weight excluding hydrogens is 252 g/mol. The predicted molar refractivity (Wildman–Crippen MR) is 77.5 cm³/mol. The molecule has 1 atom stereocenters. The molecule has 1 aromatic rings. The number of para-hydroxylation sites is 1. The fraction of sp³-hybridized carbons (Fsp3) is 0.562. The summed E-state index contributed by atoms with van der Waals surface area (Å²) in [5, 5.41) is 3.05. The van der Waals surface area contributed by atoms with Crippen LogP contribution in [0.25, 0.3) is 0 Å². The molecule has 3 N–H and O–H groups in total. The van der Waals surface area contributed by atoms with Crippen LogP contribution >= 0.6 is 0 Å². The minimum atomic E-state index is -0.386. The molecule has 0 saturated heterocycles. The second-order valence-electron chi connectivity index (χ2n) is 6.05. The summed E-state index contributed by atoms with van der Waals surface area (Å²) in [7, 11) is 0. The Bertz CT molecular complexity index is 470. The van der Waals surface area contributed by atoms with Crippen molar-refractivity contribution >= 4 is 5.91 Å². The Morgan fingerprint density at radius 1 is 1.35 bits per heavy atom. The number of rotatable bonds is 4. The number of nitrogens with one attached hydrogen (secondary N) is 1. The highest BCUT2D eigenvalue weighted by atomic mass is 16.5. The Labute approximate surface area is 119 Å². The second-order valence-corrected chi connectivity index (χ2v) is 6.05. The van der Waals surface area contributed by atoms with Crippen LogP contribution in [-0.4, -0.2) is 25.1 Å². The van der Waals surface area contributed by atoms with Gasteiger partial charge < -0.3 is 15.8 Å². The Kier molecular flexibility index (Phi) is 3.66. The van der Waals surface area contributed by atoms with E-state index in [-0.39, 0.29) is 17.4 Å². The van der Waals surface area contributed by atoms with E-state index in [1.165, 1.54) is 12.8 Å². The maximum absolute atomic E-state index is 12.3. The van der Waals surface area contributed by atoms with Gasteiger partial charge in [-0.3, -0.25) is 4.79 Å². The number of hydrogen-bond donors (Lipinski definition) is 2. The normalized spacial score (nSPS) is 23.1. The first-order valence-corrected chi connectivity index (χ1v) is 7.45. The first-order valence-electron chi connectivity index (χ1n) is 7.45. The van der Waals surface area contributed by atoms with Gasteiger partial charge in [-0.2, -0.15) is 0 Å². The largest absolute Gasteiger partial charge is 0.480 e. The standard InChI is InChI=1S/C16H22N2O2/c17-10-16(7-3-4-8-16)11-18-15(19)14-9-12-5-1-2-6-13(12)20-14/h1-2,5-6,14H,3-4,7-11,17H2,(H,18,19). The van der Waals surface area contributed by atoms with E-state index in [4.69, 9.17) is 10.5 Å². The molecule has 1 aliphatic carbocycles.